The fourth-order valence-corrected chi connectivity index (χ4v) is 2.03. The molecule has 0 bridgehead atoms. The monoisotopic (exact) mass is 306 g/mol. The third-order valence-electron chi connectivity index (χ3n) is 3.59. The van der Waals surface area contributed by atoms with Crippen LogP contribution in [0.3, 0.4) is 0 Å². The lowest BCUT2D eigenvalue weighted by molar-refractivity contribution is -0.124. The van der Waals surface area contributed by atoms with Crippen LogP contribution in [0.15, 0.2) is 24.3 Å². The van der Waals surface area contributed by atoms with E-state index in [1.165, 1.54) is 0 Å². The van der Waals surface area contributed by atoms with Crippen molar-refractivity contribution in [3.05, 3.63) is 29.8 Å². The van der Waals surface area contributed by atoms with E-state index in [0.717, 1.165) is 25.2 Å². The Labute approximate surface area is 132 Å². The van der Waals surface area contributed by atoms with Gasteiger partial charge in [0.2, 0.25) is 0 Å². The molecule has 5 heteroatoms. The molecular formula is C17H26N2O3. The van der Waals surface area contributed by atoms with Crippen LogP contribution < -0.4 is 10.2 Å². The molecule has 0 spiro atoms. The molecule has 0 unspecified atom stereocenters. The zero-order valence-corrected chi connectivity index (χ0v) is 13.9. The number of carbonyl (C=O) groups is 2. The van der Waals surface area contributed by atoms with Gasteiger partial charge in [-0.1, -0.05) is 6.92 Å². The van der Waals surface area contributed by atoms with Crippen molar-refractivity contribution in [2.75, 3.05) is 24.6 Å². The first-order valence-electron chi connectivity index (χ1n) is 7.83. The fraction of sp³-hybridized carbons (Fsp3) is 0.529. The SMILES string of the molecule is CC[C@H](C)NC(=O)COC(=O)c1ccc(N(CC)CC)cc1. The number of carbonyl (C=O) groups excluding carboxylic acids is 2. The maximum absolute atomic E-state index is 11.9. The smallest absolute Gasteiger partial charge is 0.338 e. The molecule has 122 valence electrons. The summed E-state index contributed by atoms with van der Waals surface area (Å²) in [5.74, 6) is -0.757. The number of rotatable bonds is 8. The summed E-state index contributed by atoms with van der Waals surface area (Å²) in [5.41, 5.74) is 1.52. The molecule has 0 aliphatic heterocycles. The summed E-state index contributed by atoms with van der Waals surface area (Å²) < 4.78 is 5.02. The lowest BCUT2D eigenvalue weighted by atomic mass is 10.2. The second-order valence-corrected chi connectivity index (χ2v) is 5.17. The second kappa shape index (κ2) is 9.07. The van der Waals surface area contributed by atoms with Crippen molar-refractivity contribution < 1.29 is 14.3 Å². The Hall–Kier alpha value is -2.04. The van der Waals surface area contributed by atoms with Gasteiger partial charge in [0.05, 0.1) is 5.56 Å². The quantitative estimate of drug-likeness (QED) is 0.750. The van der Waals surface area contributed by atoms with Crippen molar-refractivity contribution >= 4 is 17.6 Å². The number of benzene rings is 1. The molecular weight excluding hydrogens is 280 g/mol. The summed E-state index contributed by atoms with van der Waals surface area (Å²) in [6.45, 7) is 9.64. The van der Waals surface area contributed by atoms with Gasteiger partial charge >= 0.3 is 5.97 Å². The molecule has 0 aliphatic carbocycles. The molecule has 1 atom stereocenters. The van der Waals surface area contributed by atoms with Gasteiger partial charge in [-0.25, -0.2) is 4.79 Å². The predicted octanol–water partition coefficient (Wildman–Crippen LogP) is 2.60. The minimum absolute atomic E-state index is 0.0829. The highest BCUT2D eigenvalue weighted by Crippen LogP contribution is 2.15. The predicted molar refractivity (Wildman–Crippen MR) is 88.2 cm³/mol. The van der Waals surface area contributed by atoms with Gasteiger partial charge in [-0.05, 0) is 51.5 Å². The summed E-state index contributed by atoms with van der Waals surface area (Å²) in [7, 11) is 0. The number of hydrogen-bond donors (Lipinski definition) is 1. The maximum Gasteiger partial charge on any atom is 0.338 e. The van der Waals surface area contributed by atoms with Crippen LogP contribution in [0.25, 0.3) is 0 Å². The normalized spacial score (nSPS) is 11.6. The molecule has 1 aromatic rings. The van der Waals surface area contributed by atoms with E-state index in [-0.39, 0.29) is 18.6 Å². The highest BCUT2D eigenvalue weighted by molar-refractivity contribution is 5.91. The zero-order valence-electron chi connectivity index (χ0n) is 13.9. The largest absolute Gasteiger partial charge is 0.452 e. The van der Waals surface area contributed by atoms with E-state index in [1.54, 1.807) is 12.1 Å². The lowest BCUT2D eigenvalue weighted by Gasteiger charge is -2.20. The van der Waals surface area contributed by atoms with E-state index < -0.39 is 5.97 Å². The Bertz CT molecular complexity index is 481. The van der Waals surface area contributed by atoms with Gasteiger partial charge < -0.3 is 15.0 Å². The standard InChI is InChI=1S/C17H26N2O3/c1-5-13(4)18-16(20)12-22-17(21)14-8-10-15(11-9-14)19(6-2)7-3/h8-11,13H,5-7,12H2,1-4H3,(H,18,20)/t13-/m0/s1. The Kier molecular flexibility index (Phi) is 7.43. The van der Waals surface area contributed by atoms with Crippen LogP contribution >= 0.6 is 0 Å². The summed E-state index contributed by atoms with van der Waals surface area (Å²) in [4.78, 5) is 25.7. The Morgan fingerprint density at radius 2 is 1.73 bits per heavy atom. The van der Waals surface area contributed by atoms with Crippen LogP contribution in [0.5, 0.6) is 0 Å². The maximum atomic E-state index is 11.9. The van der Waals surface area contributed by atoms with Gasteiger partial charge in [-0.15, -0.1) is 0 Å². The van der Waals surface area contributed by atoms with E-state index in [9.17, 15) is 9.59 Å². The molecule has 0 saturated heterocycles. The van der Waals surface area contributed by atoms with E-state index >= 15 is 0 Å². The first-order valence-corrected chi connectivity index (χ1v) is 7.83. The van der Waals surface area contributed by atoms with Gasteiger partial charge in [-0.3, -0.25) is 4.79 Å². The molecule has 1 rings (SSSR count). The van der Waals surface area contributed by atoms with Gasteiger partial charge in [0.15, 0.2) is 6.61 Å². The molecule has 1 N–H and O–H groups in total. The average Bonchev–Trinajstić information content (AvgIpc) is 2.54. The van der Waals surface area contributed by atoms with Crippen LogP contribution in [-0.2, 0) is 9.53 Å². The highest BCUT2D eigenvalue weighted by atomic mass is 16.5. The first kappa shape index (κ1) is 18.0. The molecule has 1 amide bonds. The molecule has 22 heavy (non-hydrogen) atoms. The summed E-state index contributed by atoms with van der Waals surface area (Å²) in [5, 5.41) is 2.75. The molecule has 0 saturated carbocycles. The van der Waals surface area contributed by atoms with Gasteiger partial charge in [0, 0.05) is 24.8 Å². The lowest BCUT2D eigenvalue weighted by Crippen LogP contribution is -2.35. The Balaban J connectivity index is 2.54. The minimum Gasteiger partial charge on any atom is -0.452 e. The average molecular weight is 306 g/mol. The number of hydrogen-bond acceptors (Lipinski definition) is 4. The van der Waals surface area contributed by atoms with Crippen molar-refractivity contribution in [1.29, 1.82) is 0 Å². The topological polar surface area (TPSA) is 58.6 Å². The number of esters is 1. The number of nitrogens with zero attached hydrogens (tertiary/aromatic N) is 1. The van der Waals surface area contributed by atoms with E-state index in [4.69, 9.17) is 4.74 Å². The highest BCUT2D eigenvalue weighted by Gasteiger charge is 2.12. The Morgan fingerprint density at radius 3 is 2.23 bits per heavy atom. The number of anilines is 1. The van der Waals surface area contributed by atoms with Gasteiger partial charge in [0.1, 0.15) is 0 Å². The second-order valence-electron chi connectivity index (χ2n) is 5.17. The summed E-state index contributed by atoms with van der Waals surface area (Å²) in [6.07, 6.45) is 0.840. The van der Waals surface area contributed by atoms with Crippen molar-refractivity contribution in [3.8, 4) is 0 Å². The minimum atomic E-state index is -0.481. The molecule has 0 aromatic heterocycles. The van der Waals surface area contributed by atoms with Crippen LogP contribution in [0.1, 0.15) is 44.5 Å². The zero-order chi connectivity index (χ0) is 16.5. The van der Waals surface area contributed by atoms with Gasteiger partial charge in [0.25, 0.3) is 5.91 Å². The van der Waals surface area contributed by atoms with E-state index in [2.05, 4.69) is 24.1 Å². The molecule has 0 aliphatic rings. The molecule has 0 heterocycles. The third-order valence-corrected chi connectivity index (χ3v) is 3.59. The number of nitrogens with one attached hydrogen (secondary N) is 1. The molecule has 5 nitrogen and oxygen atoms in total. The van der Waals surface area contributed by atoms with Crippen molar-refractivity contribution in [2.24, 2.45) is 0 Å². The number of amides is 1. The summed E-state index contributed by atoms with van der Waals surface area (Å²) >= 11 is 0. The van der Waals surface area contributed by atoms with E-state index in [1.807, 2.05) is 26.0 Å². The van der Waals surface area contributed by atoms with Crippen LogP contribution in [0, 0.1) is 0 Å². The van der Waals surface area contributed by atoms with Crippen LogP contribution in [0.2, 0.25) is 0 Å². The number of ether oxygens (including phenoxy) is 1. The molecule has 0 radical (unpaired) electrons. The fourth-order valence-electron chi connectivity index (χ4n) is 2.03. The molecule has 0 fully saturated rings. The first-order chi connectivity index (χ1) is 10.5. The Morgan fingerprint density at radius 1 is 1.14 bits per heavy atom. The van der Waals surface area contributed by atoms with Crippen LogP contribution in [0.4, 0.5) is 5.69 Å². The third kappa shape index (κ3) is 5.39. The molecule has 1 aromatic carbocycles. The van der Waals surface area contributed by atoms with Crippen LogP contribution in [-0.4, -0.2) is 37.6 Å². The van der Waals surface area contributed by atoms with Crippen molar-refractivity contribution in [3.63, 3.8) is 0 Å². The van der Waals surface area contributed by atoms with Gasteiger partial charge in [-0.2, -0.15) is 0 Å². The van der Waals surface area contributed by atoms with Crippen molar-refractivity contribution in [2.45, 2.75) is 40.2 Å². The summed E-state index contributed by atoms with van der Waals surface area (Å²) in [6, 6.07) is 7.32. The van der Waals surface area contributed by atoms with E-state index in [0.29, 0.717) is 5.56 Å². The van der Waals surface area contributed by atoms with Crippen molar-refractivity contribution in [1.82, 2.24) is 5.32 Å².